The molecule has 0 aromatic carbocycles. The molecule has 1 aliphatic carbocycles. The van der Waals surface area contributed by atoms with Gasteiger partial charge in [-0.15, -0.1) is 0 Å². The van der Waals surface area contributed by atoms with E-state index in [1.54, 1.807) is 19.2 Å². The second kappa shape index (κ2) is 6.43. The van der Waals surface area contributed by atoms with Gasteiger partial charge in [-0.1, -0.05) is 20.3 Å². The van der Waals surface area contributed by atoms with E-state index in [4.69, 9.17) is 4.74 Å². The van der Waals surface area contributed by atoms with Crippen LogP contribution in [0.1, 0.15) is 55.1 Å². The van der Waals surface area contributed by atoms with Crippen molar-refractivity contribution in [3.8, 4) is 0 Å². The molecule has 1 amide bonds. The highest BCUT2D eigenvalue weighted by molar-refractivity contribution is 5.93. The number of aromatic nitrogens is 1. The number of amides is 1. The summed E-state index contributed by atoms with van der Waals surface area (Å²) in [7, 11) is 1.68. The SMILES string of the molecule is COCC1(CNC(=O)c2ccc(C(C)C)[nH]c2=O)CCC1. The van der Waals surface area contributed by atoms with E-state index in [1.165, 1.54) is 6.42 Å². The molecule has 0 unspecified atom stereocenters. The summed E-state index contributed by atoms with van der Waals surface area (Å²) in [6, 6.07) is 3.41. The van der Waals surface area contributed by atoms with Crippen molar-refractivity contribution in [3.63, 3.8) is 0 Å². The lowest BCUT2D eigenvalue weighted by Crippen LogP contribution is -2.45. The number of H-pyrrole nitrogens is 1. The van der Waals surface area contributed by atoms with Gasteiger partial charge in [-0.25, -0.2) is 0 Å². The first-order chi connectivity index (χ1) is 9.97. The van der Waals surface area contributed by atoms with Crippen molar-refractivity contribution in [1.82, 2.24) is 10.3 Å². The number of nitrogens with one attached hydrogen (secondary N) is 2. The molecule has 0 aliphatic heterocycles. The minimum atomic E-state index is -0.326. The normalized spacial score (nSPS) is 16.6. The molecule has 1 fully saturated rings. The van der Waals surface area contributed by atoms with Crippen molar-refractivity contribution in [2.75, 3.05) is 20.3 Å². The number of ether oxygens (including phenoxy) is 1. The minimum absolute atomic E-state index is 0.0506. The Morgan fingerprint density at radius 1 is 1.43 bits per heavy atom. The van der Waals surface area contributed by atoms with Crippen LogP contribution in [0, 0.1) is 5.41 Å². The van der Waals surface area contributed by atoms with Crippen LogP contribution in [0.2, 0.25) is 0 Å². The van der Waals surface area contributed by atoms with Crippen molar-refractivity contribution >= 4 is 5.91 Å². The first kappa shape index (κ1) is 15.8. The van der Waals surface area contributed by atoms with E-state index in [0.717, 1.165) is 18.5 Å². The number of carbonyl (C=O) groups excluding carboxylic acids is 1. The van der Waals surface area contributed by atoms with E-state index >= 15 is 0 Å². The van der Waals surface area contributed by atoms with Crippen molar-refractivity contribution in [2.24, 2.45) is 5.41 Å². The average molecular weight is 292 g/mol. The van der Waals surface area contributed by atoms with E-state index < -0.39 is 0 Å². The molecular formula is C16H24N2O3. The molecule has 5 nitrogen and oxygen atoms in total. The third-order valence-electron chi connectivity index (χ3n) is 4.29. The molecule has 1 saturated carbocycles. The summed E-state index contributed by atoms with van der Waals surface area (Å²) >= 11 is 0. The molecule has 5 heteroatoms. The van der Waals surface area contributed by atoms with Crippen molar-refractivity contribution < 1.29 is 9.53 Å². The monoisotopic (exact) mass is 292 g/mol. The minimum Gasteiger partial charge on any atom is -0.384 e. The zero-order valence-corrected chi connectivity index (χ0v) is 13.0. The van der Waals surface area contributed by atoms with E-state index in [0.29, 0.717) is 13.2 Å². The number of rotatable bonds is 6. The molecule has 1 aliphatic rings. The third kappa shape index (κ3) is 3.53. The summed E-state index contributed by atoms with van der Waals surface area (Å²) in [6.07, 6.45) is 3.29. The van der Waals surface area contributed by atoms with E-state index in [9.17, 15) is 9.59 Å². The van der Waals surface area contributed by atoms with Gasteiger partial charge in [0.15, 0.2) is 0 Å². The van der Waals surface area contributed by atoms with Gasteiger partial charge in [0.25, 0.3) is 11.5 Å². The van der Waals surface area contributed by atoms with Crippen LogP contribution >= 0.6 is 0 Å². The molecule has 0 bridgehead atoms. The number of pyridine rings is 1. The summed E-state index contributed by atoms with van der Waals surface area (Å²) in [5.41, 5.74) is 0.737. The molecule has 1 aromatic rings. The second-order valence-corrected chi connectivity index (χ2v) is 6.28. The van der Waals surface area contributed by atoms with Crippen molar-refractivity contribution in [2.45, 2.75) is 39.0 Å². The van der Waals surface area contributed by atoms with Gasteiger partial charge in [-0.2, -0.15) is 0 Å². The highest BCUT2D eigenvalue weighted by atomic mass is 16.5. The molecule has 0 atom stereocenters. The lowest BCUT2D eigenvalue weighted by molar-refractivity contribution is 0.0179. The Bertz CT molecular complexity index is 559. The Morgan fingerprint density at radius 3 is 2.62 bits per heavy atom. The van der Waals surface area contributed by atoms with Gasteiger partial charge in [0.1, 0.15) is 5.56 Å². The average Bonchev–Trinajstić information content (AvgIpc) is 2.41. The first-order valence-electron chi connectivity index (χ1n) is 7.48. The fourth-order valence-electron chi connectivity index (χ4n) is 2.72. The van der Waals surface area contributed by atoms with Crippen molar-refractivity contribution in [1.29, 1.82) is 0 Å². The molecule has 0 spiro atoms. The molecule has 1 aromatic heterocycles. The first-order valence-corrected chi connectivity index (χ1v) is 7.48. The zero-order valence-electron chi connectivity index (χ0n) is 13.0. The standard InChI is InChI=1S/C16H24N2O3/c1-11(2)13-6-5-12(15(20)18-13)14(19)17-9-16(10-21-3)7-4-8-16/h5-6,11H,4,7-10H2,1-3H3,(H,17,19)(H,18,20). The Hall–Kier alpha value is -1.62. The maximum Gasteiger partial charge on any atom is 0.261 e. The summed E-state index contributed by atoms with van der Waals surface area (Å²) in [5, 5.41) is 2.88. The molecule has 0 saturated heterocycles. The topological polar surface area (TPSA) is 71.2 Å². The second-order valence-electron chi connectivity index (χ2n) is 6.28. The largest absolute Gasteiger partial charge is 0.384 e. The van der Waals surface area contributed by atoms with Crippen LogP contribution in [0.3, 0.4) is 0 Å². The quantitative estimate of drug-likeness (QED) is 0.843. The van der Waals surface area contributed by atoms with Gasteiger partial charge in [0.05, 0.1) is 6.61 Å². The zero-order chi connectivity index (χ0) is 15.5. The van der Waals surface area contributed by atoms with Crippen LogP contribution in [0.15, 0.2) is 16.9 Å². The molecule has 2 rings (SSSR count). The van der Waals surface area contributed by atoms with Gasteiger partial charge in [0, 0.05) is 24.8 Å². The number of aromatic amines is 1. The number of hydrogen-bond donors (Lipinski definition) is 2. The predicted molar refractivity (Wildman–Crippen MR) is 81.6 cm³/mol. The van der Waals surface area contributed by atoms with Crippen LogP contribution in [-0.2, 0) is 4.74 Å². The highest BCUT2D eigenvalue weighted by Crippen LogP contribution is 2.40. The fraction of sp³-hybridized carbons (Fsp3) is 0.625. The van der Waals surface area contributed by atoms with Gasteiger partial charge in [0.2, 0.25) is 0 Å². The lowest BCUT2D eigenvalue weighted by Gasteiger charge is -2.41. The van der Waals surface area contributed by atoms with Crippen LogP contribution in [0.25, 0.3) is 0 Å². The Labute approximate surface area is 125 Å². The maximum atomic E-state index is 12.2. The van der Waals surface area contributed by atoms with Crippen LogP contribution in [0.4, 0.5) is 0 Å². The summed E-state index contributed by atoms with van der Waals surface area (Å²) in [6.45, 7) is 5.20. The van der Waals surface area contributed by atoms with Gasteiger partial charge < -0.3 is 15.0 Å². The third-order valence-corrected chi connectivity index (χ3v) is 4.29. The van der Waals surface area contributed by atoms with Crippen LogP contribution < -0.4 is 10.9 Å². The Balaban J connectivity index is 2.02. The molecule has 21 heavy (non-hydrogen) atoms. The number of methoxy groups -OCH3 is 1. The van der Waals surface area contributed by atoms with Crippen LogP contribution in [0.5, 0.6) is 0 Å². The summed E-state index contributed by atoms with van der Waals surface area (Å²) in [5.74, 6) is -0.0799. The lowest BCUT2D eigenvalue weighted by atomic mass is 9.69. The maximum absolute atomic E-state index is 12.2. The summed E-state index contributed by atoms with van der Waals surface area (Å²) < 4.78 is 5.23. The Kier molecular flexibility index (Phi) is 4.83. The Morgan fingerprint density at radius 2 is 2.14 bits per heavy atom. The molecule has 116 valence electrons. The van der Waals surface area contributed by atoms with Gasteiger partial charge >= 0.3 is 0 Å². The summed E-state index contributed by atoms with van der Waals surface area (Å²) in [4.78, 5) is 26.9. The van der Waals surface area contributed by atoms with Crippen LogP contribution in [-0.4, -0.2) is 31.2 Å². The smallest absolute Gasteiger partial charge is 0.261 e. The molecule has 0 radical (unpaired) electrons. The number of hydrogen-bond acceptors (Lipinski definition) is 3. The van der Waals surface area contributed by atoms with E-state index in [1.807, 2.05) is 13.8 Å². The van der Waals surface area contributed by atoms with Gasteiger partial charge in [-0.3, -0.25) is 9.59 Å². The van der Waals surface area contributed by atoms with E-state index in [2.05, 4.69) is 10.3 Å². The number of carbonyl (C=O) groups is 1. The highest BCUT2D eigenvalue weighted by Gasteiger charge is 2.37. The molecule has 1 heterocycles. The molecular weight excluding hydrogens is 268 g/mol. The predicted octanol–water partition coefficient (Wildman–Crippen LogP) is 2.04. The van der Waals surface area contributed by atoms with Crippen molar-refractivity contribution in [3.05, 3.63) is 33.7 Å². The molecule has 2 N–H and O–H groups in total. The van der Waals surface area contributed by atoms with Gasteiger partial charge in [-0.05, 0) is 30.9 Å². The van der Waals surface area contributed by atoms with E-state index in [-0.39, 0.29) is 28.4 Å². The fourth-order valence-corrected chi connectivity index (χ4v) is 2.72.